The average molecular weight is 434 g/mol. The highest BCUT2D eigenvalue weighted by Gasteiger charge is 2.45. The summed E-state index contributed by atoms with van der Waals surface area (Å²) in [6.45, 7) is -0.640. The molecule has 4 rings (SSSR count). The molecular formula is C21H22O10. The molecule has 1 saturated heterocycles. The molecule has 31 heavy (non-hydrogen) atoms. The number of rotatable bonds is 4. The number of aliphatic hydroxyl groups excluding tert-OH is 4. The van der Waals surface area contributed by atoms with E-state index in [-0.39, 0.29) is 40.8 Å². The maximum Gasteiger partial charge on any atom is 0.229 e. The van der Waals surface area contributed by atoms with Gasteiger partial charge in [0.15, 0.2) is 5.78 Å². The fourth-order valence-electron chi connectivity index (χ4n) is 3.67. The lowest BCUT2D eigenvalue weighted by Crippen LogP contribution is -2.60. The zero-order valence-electron chi connectivity index (χ0n) is 16.2. The number of carbonyl (C=O) groups is 1. The van der Waals surface area contributed by atoms with Crippen molar-refractivity contribution in [3.8, 4) is 23.0 Å². The van der Waals surface area contributed by atoms with E-state index >= 15 is 0 Å². The van der Waals surface area contributed by atoms with Crippen LogP contribution in [0, 0.1) is 0 Å². The Bertz CT molecular complexity index is 957. The molecule has 6 atom stereocenters. The van der Waals surface area contributed by atoms with Crippen LogP contribution in [0.4, 0.5) is 0 Å². The number of phenols is 2. The van der Waals surface area contributed by atoms with Crippen LogP contribution in [-0.2, 0) is 4.74 Å². The van der Waals surface area contributed by atoms with Crippen molar-refractivity contribution in [2.45, 2.75) is 43.2 Å². The Morgan fingerprint density at radius 1 is 0.968 bits per heavy atom. The molecule has 0 saturated carbocycles. The van der Waals surface area contributed by atoms with Gasteiger partial charge in [-0.2, -0.15) is 0 Å². The largest absolute Gasteiger partial charge is 0.508 e. The van der Waals surface area contributed by atoms with Crippen LogP contribution in [0.5, 0.6) is 23.0 Å². The third-order valence-corrected chi connectivity index (χ3v) is 5.33. The molecule has 6 N–H and O–H groups in total. The molecule has 2 heterocycles. The van der Waals surface area contributed by atoms with E-state index in [1.165, 1.54) is 18.2 Å². The predicted molar refractivity (Wildman–Crippen MR) is 103 cm³/mol. The number of hydrogen-bond acceptors (Lipinski definition) is 10. The van der Waals surface area contributed by atoms with Crippen molar-refractivity contribution in [1.29, 1.82) is 0 Å². The monoisotopic (exact) mass is 434 g/mol. The Kier molecular flexibility index (Phi) is 5.73. The number of carbonyl (C=O) groups excluding carboxylic acids is 1. The minimum atomic E-state index is -1.68. The number of fused-ring (bicyclic) bond motifs is 1. The number of ketones is 1. The molecule has 166 valence electrons. The Morgan fingerprint density at radius 3 is 2.35 bits per heavy atom. The summed E-state index contributed by atoms with van der Waals surface area (Å²) in [5.74, 6) is -0.669. The molecule has 2 aromatic rings. The molecule has 0 bridgehead atoms. The molecule has 1 fully saturated rings. The second-order valence-electron chi connectivity index (χ2n) is 7.46. The highest BCUT2D eigenvalue weighted by molar-refractivity contribution is 6.02. The van der Waals surface area contributed by atoms with Crippen LogP contribution < -0.4 is 9.47 Å². The van der Waals surface area contributed by atoms with E-state index < -0.39 is 43.4 Å². The Balaban J connectivity index is 1.63. The van der Waals surface area contributed by atoms with Crippen molar-refractivity contribution < 1.29 is 49.6 Å². The quantitative estimate of drug-likeness (QED) is 0.385. The topological polar surface area (TPSA) is 166 Å². The van der Waals surface area contributed by atoms with Crippen LogP contribution in [-0.4, -0.2) is 73.7 Å². The van der Waals surface area contributed by atoms with Gasteiger partial charge in [0.1, 0.15) is 59.1 Å². The first-order valence-electron chi connectivity index (χ1n) is 9.61. The van der Waals surface area contributed by atoms with Gasteiger partial charge in [-0.25, -0.2) is 0 Å². The molecule has 0 aromatic heterocycles. The first kappa shape index (κ1) is 21.3. The van der Waals surface area contributed by atoms with Crippen LogP contribution in [0.3, 0.4) is 0 Å². The number of hydrogen-bond donors (Lipinski definition) is 6. The maximum atomic E-state index is 12.9. The minimum Gasteiger partial charge on any atom is -0.508 e. The van der Waals surface area contributed by atoms with Crippen molar-refractivity contribution in [3.63, 3.8) is 0 Å². The van der Waals surface area contributed by atoms with E-state index in [1.807, 2.05) is 0 Å². The van der Waals surface area contributed by atoms with Gasteiger partial charge in [0, 0.05) is 12.1 Å². The molecule has 0 amide bonds. The highest BCUT2D eigenvalue weighted by Crippen LogP contribution is 2.43. The summed E-state index contributed by atoms with van der Waals surface area (Å²) in [7, 11) is 0. The van der Waals surface area contributed by atoms with Crippen LogP contribution in [0.1, 0.15) is 28.4 Å². The van der Waals surface area contributed by atoms with Crippen LogP contribution >= 0.6 is 0 Å². The molecule has 0 radical (unpaired) electrons. The SMILES string of the molecule is O=C1CC(c2ccc(O)cc2)Oc2cc(O)cc(O[C@H]3O[C@H](CO)[C@@H](O)[C@H](O)[C@H]3O)c21. The third-order valence-electron chi connectivity index (χ3n) is 5.33. The average Bonchev–Trinajstić information content (AvgIpc) is 2.74. The second kappa shape index (κ2) is 8.33. The van der Waals surface area contributed by atoms with Gasteiger partial charge >= 0.3 is 0 Å². The molecule has 0 aliphatic carbocycles. The normalized spacial score (nSPS) is 30.4. The smallest absolute Gasteiger partial charge is 0.229 e. The van der Waals surface area contributed by atoms with Crippen LogP contribution in [0.2, 0.25) is 0 Å². The number of ether oxygens (including phenoxy) is 3. The van der Waals surface area contributed by atoms with Crippen molar-refractivity contribution >= 4 is 5.78 Å². The maximum absolute atomic E-state index is 12.9. The third kappa shape index (κ3) is 4.03. The number of aliphatic hydroxyl groups is 4. The van der Waals surface area contributed by atoms with Gasteiger partial charge in [-0.15, -0.1) is 0 Å². The number of aromatic hydroxyl groups is 2. The van der Waals surface area contributed by atoms with E-state index in [0.717, 1.165) is 6.07 Å². The van der Waals surface area contributed by atoms with Crippen molar-refractivity contribution in [3.05, 3.63) is 47.5 Å². The molecule has 2 aromatic carbocycles. The summed E-state index contributed by atoms with van der Waals surface area (Å²) in [6.07, 6.45) is -8.31. The van der Waals surface area contributed by atoms with Gasteiger partial charge in [-0.05, 0) is 17.7 Å². The van der Waals surface area contributed by atoms with Crippen LogP contribution in [0.25, 0.3) is 0 Å². The van der Waals surface area contributed by atoms with Crippen molar-refractivity contribution in [2.75, 3.05) is 6.61 Å². The summed E-state index contributed by atoms with van der Waals surface area (Å²) >= 11 is 0. The lowest BCUT2D eigenvalue weighted by Gasteiger charge is -2.40. The summed E-state index contributed by atoms with van der Waals surface area (Å²) in [6, 6.07) is 8.56. The van der Waals surface area contributed by atoms with Crippen LogP contribution in [0.15, 0.2) is 36.4 Å². The lowest BCUT2D eigenvalue weighted by atomic mass is 9.95. The Morgan fingerprint density at radius 2 is 1.68 bits per heavy atom. The van der Waals surface area contributed by atoms with Gasteiger partial charge in [0.25, 0.3) is 0 Å². The summed E-state index contributed by atoms with van der Waals surface area (Å²) in [5, 5.41) is 58.9. The number of Topliss-reactive ketones (excluding diaryl/α,β-unsaturated/α-hetero) is 1. The first-order chi connectivity index (χ1) is 14.8. The molecule has 2 aliphatic heterocycles. The molecule has 10 nitrogen and oxygen atoms in total. The van der Waals surface area contributed by atoms with Crippen molar-refractivity contribution in [2.24, 2.45) is 0 Å². The fourth-order valence-corrected chi connectivity index (χ4v) is 3.67. The van der Waals surface area contributed by atoms with Gasteiger partial charge in [-0.1, -0.05) is 12.1 Å². The number of benzene rings is 2. The van der Waals surface area contributed by atoms with E-state index in [1.54, 1.807) is 12.1 Å². The van der Waals surface area contributed by atoms with Gasteiger partial charge in [0.05, 0.1) is 13.0 Å². The molecule has 0 spiro atoms. The summed E-state index contributed by atoms with van der Waals surface area (Å²) in [4.78, 5) is 12.9. The zero-order valence-corrected chi connectivity index (χ0v) is 16.2. The molecule has 2 aliphatic rings. The zero-order chi connectivity index (χ0) is 22.3. The predicted octanol–water partition coefficient (Wildman–Crippen LogP) is -0.0170. The summed E-state index contributed by atoms with van der Waals surface area (Å²) < 4.78 is 16.8. The molecule has 10 heteroatoms. The standard InChI is InChI=1S/C21H22O10/c22-8-16-18(26)19(27)20(28)21(31-16)30-15-6-11(24)5-14-17(15)12(25)7-13(29-14)9-1-3-10(23)4-2-9/h1-6,13,16,18-24,26-28H,7-8H2/t13?,16-,18-,19+,20-,21+/m1/s1. The molecule has 1 unspecified atom stereocenters. The fraction of sp³-hybridized carbons (Fsp3) is 0.381. The van der Waals surface area contributed by atoms with E-state index in [4.69, 9.17) is 14.2 Å². The Hall–Kier alpha value is -2.89. The molecular weight excluding hydrogens is 412 g/mol. The number of phenolic OH excluding ortho intramolecular Hbond substituents is 2. The van der Waals surface area contributed by atoms with E-state index in [2.05, 4.69) is 0 Å². The van der Waals surface area contributed by atoms with E-state index in [9.17, 15) is 35.4 Å². The Labute approximate surface area is 176 Å². The van der Waals surface area contributed by atoms with Gasteiger partial charge < -0.3 is 44.8 Å². The highest BCUT2D eigenvalue weighted by atomic mass is 16.7. The summed E-state index contributed by atoms with van der Waals surface area (Å²) in [5.41, 5.74) is 0.668. The van der Waals surface area contributed by atoms with Gasteiger partial charge in [0.2, 0.25) is 6.29 Å². The lowest BCUT2D eigenvalue weighted by molar-refractivity contribution is -0.277. The second-order valence-corrected chi connectivity index (χ2v) is 7.46. The first-order valence-corrected chi connectivity index (χ1v) is 9.61. The van der Waals surface area contributed by atoms with Gasteiger partial charge in [-0.3, -0.25) is 4.79 Å². The van der Waals surface area contributed by atoms with Crippen molar-refractivity contribution in [1.82, 2.24) is 0 Å². The minimum absolute atomic E-state index is 0.0183. The van der Waals surface area contributed by atoms with E-state index in [0.29, 0.717) is 5.56 Å².